The van der Waals surface area contributed by atoms with Crippen LogP contribution in [0.1, 0.15) is 23.6 Å². The Kier molecular flexibility index (Phi) is 6.45. The Morgan fingerprint density at radius 1 is 1.31 bits per heavy atom. The first-order chi connectivity index (χ1) is 12.5. The highest BCUT2D eigenvalue weighted by Crippen LogP contribution is 2.35. The number of thiophene rings is 1. The van der Waals surface area contributed by atoms with Crippen LogP contribution < -0.4 is 10.2 Å². The molecule has 0 radical (unpaired) electrons. The van der Waals surface area contributed by atoms with Crippen molar-refractivity contribution in [2.24, 2.45) is 0 Å². The fourth-order valence-electron chi connectivity index (χ4n) is 3.38. The fraction of sp³-hybridized carbons (Fsp3) is 0.579. The molecule has 2 amide bonds. The van der Waals surface area contributed by atoms with Gasteiger partial charge in [0.15, 0.2) is 0 Å². The van der Waals surface area contributed by atoms with Gasteiger partial charge in [-0.2, -0.15) is 0 Å². The van der Waals surface area contributed by atoms with Crippen molar-refractivity contribution in [1.82, 2.24) is 15.1 Å². The number of likely N-dealkylation sites (N-methyl/N-ethyl adjacent to an activating group) is 1. The first-order valence-corrected chi connectivity index (χ1v) is 10.1. The smallest absolute Gasteiger partial charge is 0.247 e. The lowest BCUT2D eigenvalue weighted by molar-refractivity contribution is -0.133. The summed E-state index contributed by atoms with van der Waals surface area (Å²) in [5.74, 6) is 0.528. The number of nitrogens with one attached hydrogen (secondary N) is 1. The fourth-order valence-corrected chi connectivity index (χ4v) is 4.60. The van der Waals surface area contributed by atoms with Crippen molar-refractivity contribution in [3.8, 4) is 0 Å². The molecular formula is C19H28N4O2S. The van der Waals surface area contributed by atoms with Crippen LogP contribution in [0.2, 0.25) is 0 Å². The van der Waals surface area contributed by atoms with E-state index in [-0.39, 0.29) is 18.4 Å². The largest absolute Gasteiger partial charge is 0.328 e. The quantitative estimate of drug-likeness (QED) is 0.792. The van der Waals surface area contributed by atoms with E-state index in [1.165, 1.54) is 4.88 Å². The molecule has 142 valence electrons. The number of piperazine rings is 1. The predicted octanol–water partition coefficient (Wildman–Crippen LogP) is 1.51. The molecule has 0 unspecified atom stereocenters. The standard InChI is InChI=1S/C19H28N4O2S/c1-21(2)11-3-4-17(24)22-12-13-23(18(25)14-22)19-6-5-16(26-19)15-7-9-20-10-8-15/h3-6,15,20H,7-14H2,1-2H3/b4-3+. The van der Waals surface area contributed by atoms with Gasteiger partial charge < -0.3 is 20.0 Å². The Morgan fingerprint density at radius 3 is 2.77 bits per heavy atom. The molecule has 1 N–H and O–H groups in total. The zero-order valence-corrected chi connectivity index (χ0v) is 16.4. The molecule has 26 heavy (non-hydrogen) atoms. The zero-order chi connectivity index (χ0) is 18.5. The maximum absolute atomic E-state index is 12.6. The second kappa shape index (κ2) is 8.79. The van der Waals surface area contributed by atoms with Gasteiger partial charge in [0.1, 0.15) is 6.54 Å². The highest BCUT2D eigenvalue weighted by molar-refractivity contribution is 7.16. The van der Waals surface area contributed by atoms with Crippen LogP contribution in [0.25, 0.3) is 0 Å². The zero-order valence-electron chi connectivity index (χ0n) is 15.6. The minimum absolute atomic E-state index is 0.00400. The highest BCUT2D eigenvalue weighted by Gasteiger charge is 2.28. The number of nitrogens with zero attached hydrogens (tertiary/aromatic N) is 3. The summed E-state index contributed by atoms with van der Waals surface area (Å²) in [6, 6.07) is 4.24. The average molecular weight is 377 g/mol. The van der Waals surface area contributed by atoms with Gasteiger partial charge in [0.05, 0.1) is 5.00 Å². The molecule has 7 heteroatoms. The van der Waals surface area contributed by atoms with Gasteiger partial charge in [0.25, 0.3) is 0 Å². The number of hydrogen-bond donors (Lipinski definition) is 1. The highest BCUT2D eigenvalue weighted by atomic mass is 32.1. The minimum Gasteiger partial charge on any atom is -0.328 e. The summed E-state index contributed by atoms with van der Waals surface area (Å²) < 4.78 is 0. The lowest BCUT2D eigenvalue weighted by Crippen LogP contribution is -2.51. The first kappa shape index (κ1) is 19.1. The molecule has 2 fully saturated rings. The summed E-state index contributed by atoms with van der Waals surface area (Å²) in [6.45, 7) is 4.16. The van der Waals surface area contributed by atoms with Crippen LogP contribution >= 0.6 is 11.3 Å². The number of piperidine rings is 1. The summed E-state index contributed by atoms with van der Waals surface area (Å²) >= 11 is 1.73. The van der Waals surface area contributed by atoms with Crippen LogP contribution in [0.15, 0.2) is 24.3 Å². The Morgan fingerprint density at radius 2 is 2.08 bits per heavy atom. The lowest BCUT2D eigenvalue weighted by Gasteiger charge is -2.33. The van der Waals surface area contributed by atoms with Gasteiger partial charge in [0, 0.05) is 30.6 Å². The molecule has 0 spiro atoms. The van der Waals surface area contributed by atoms with Crippen LogP contribution in [0.4, 0.5) is 5.00 Å². The molecule has 3 rings (SSSR count). The van der Waals surface area contributed by atoms with E-state index >= 15 is 0 Å². The second-order valence-corrected chi connectivity index (χ2v) is 8.26. The van der Waals surface area contributed by atoms with Gasteiger partial charge in [-0.3, -0.25) is 9.59 Å². The van der Waals surface area contributed by atoms with Crippen molar-refractivity contribution in [3.63, 3.8) is 0 Å². The summed E-state index contributed by atoms with van der Waals surface area (Å²) in [6.07, 6.45) is 5.73. The summed E-state index contributed by atoms with van der Waals surface area (Å²) in [5, 5.41) is 4.40. The maximum atomic E-state index is 12.6. The third-order valence-corrected chi connectivity index (χ3v) is 6.15. The Balaban J connectivity index is 1.57. The Labute approximate surface area is 159 Å². The average Bonchev–Trinajstić information content (AvgIpc) is 3.12. The van der Waals surface area contributed by atoms with E-state index in [9.17, 15) is 9.59 Å². The monoisotopic (exact) mass is 376 g/mol. The molecule has 2 aliphatic rings. The number of carbonyl (C=O) groups excluding carboxylic acids is 2. The Bertz CT molecular complexity index is 664. The number of amides is 2. The molecule has 0 aliphatic carbocycles. The van der Waals surface area contributed by atoms with Crippen molar-refractivity contribution in [2.45, 2.75) is 18.8 Å². The van der Waals surface area contributed by atoms with Gasteiger partial charge in [-0.05, 0) is 58.1 Å². The molecular weight excluding hydrogens is 348 g/mol. The van der Waals surface area contributed by atoms with Crippen LogP contribution in [0.3, 0.4) is 0 Å². The molecule has 3 heterocycles. The van der Waals surface area contributed by atoms with Crippen LogP contribution in [-0.2, 0) is 9.59 Å². The van der Waals surface area contributed by atoms with E-state index in [0.717, 1.165) is 30.9 Å². The van der Waals surface area contributed by atoms with E-state index in [1.54, 1.807) is 22.3 Å². The van der Waals surface area contributed by atoms with Crippen molar-refractivity contribution in [2.75, 3.05) is 58.3 Å². The summed E-state index contributed by atoms with van der Waals surface area (Å²) in [7, 11) is 3.91. The van der Waals surface area contributed by atoms with Gasteiger partial charge in [-0.1, -0.05) is 6.08 Å². The maximum Gasteiger partial charge on any atom is 0.247 e. The number of anilines is 1. The van der Waals surface area contributed by atoms with E-state index in [2.05, 4.69) is 17.4 Å². The number of rotatable bonds is 5. The molecule has 6 nitrogen and oxygen atoms in total. The third-order valence-electron chi connectivity index (χ3n) is 4.88. The van der Waals surface area contributed by atoms with E-state index in [4.69, 9.17) is 0 Å². The molecule has 2 aliphatic heterocycles. The SMILES string of the molecule is CN(C)C/C=C/C(=O)N1CCN(c2ccc(C3CCNCC3)s2)C(=O)C1. The van der Waals surface area contributed by atoms with Gasteiger partial charge in [-0.15, -0.1) is 11.3 Å². The number of carbonyl (C=O) groups is 2. The molecule has 0 bridgehead atoms. The molecule has 0 aromatic carbocycles. The molecule has 1 aromatic heterocycles. The van der Waals surface area contributed by atoms with E-state index in [1.807, 2.05) is 30.0 Å². The van der Waals surface area contributed by atoms with Crippen LogP contribution in [0, 0.1) is 0 Å². The molecule has 1 aromatic rings. The topological polar surface area (TPSA) is 55.9 Å². The van der Waals surface area contributed by atoms with Crippen molar-refractivity contribution < 1.29 is 9.59 Å². The molecule has 2 saturated heterocycles. The summed E-state index contributed by atoms with van der Waals surface area (Å²) in [4.78, 5) is 31.6. The number of hydrogen-bond acceptors (Lipinski definition) is 5. The normalized spacial score (nSPS) is 19.7. The van der Waals surface area contributed by atoms with Gasteiger partial charge in [-0.25, -0.2) is 0 Å². The van der Waals surface area contributed by atoms with Crippen molar-refractivity contribution in [1.29, 1.82) is 0 Å². The lowest BCUT2D eigenvalue weighted by atomic mass is 9.97. The summed E-state index contributed by atoms with van der Waals surface area (Å²) in [5.41, 5.74) is 0. The van der Waals surface area contributed by atoms with Crippen LogP contribution in [-0.4, -0.2) is 75.0 Å². The first-order valence-electron chi connectivity index (χ1n) is 9.25. The molecule has 0 saturated carbocycles. The molecule has 0 atom stereocenters. The van der Waals surface area contributed by atoms with Crippen molar-refractivity contribution >= 4 is 28.2 Å². The van der Waals surface area contributed by atoms with Crippen molar-refractivity contribution in [3.05, 3.63) is 29.2 Å². The van der Waals surface area contributed by atoms with E-state index in [0.29, 0.717) is 25.6 Å². The predicted molar refractivity (Wildman–Crippen MR) is 106 cm³/mol. The van der Waals surface area contributed by atoms with E-state index < -0.39 is 0 Å². The third kappa shape index (κ3) is 4.72. The minimum atomic E-state index is -0.0820. The second-order valence-electron chi connectivity index (χ2n) is 7.17. The van der Waals surface area contributed by atoms with Gasteiger partial charge in [0.2, 0.25) is 11.8 Å². The van der Waals surface area contributed by atoms with Crippen LogP contribution in [0.5, 0.6) is 0 Å². The Hall–Kier alpha value is -1.70. The van der Waals surface area contributed by atoms with Gasteiger partial charge >= 0.3 is 0 Å².